The van der Waals surface area contributed by atoms with Gasteiger partial charge in [0.15, 0.2) is 0 Å². The molecule has 5 rings (SSSR count). The first-order valence-electron chi connectivity index (χ1n) is 11.2. The van der Waals surface area contributed by atoms with E-state index in [1.54, 1.807) is 6.20 Å². The fourth-order valence-corrected chi connectivity index (χ4v) is 4.22. The van der Waals surface area contributed by atoms with E-state index in [0.717, 1.165) is 29.1 Å². The minimum Gasteiger partial charge on any atom is -0.491 e. The summed E-state index contributed by atoms with van der Waals surface area (Å²) < 4.78 is 47.9. The maximum Gasteiger partial charge on any atom is 0.417 e. The third-order valence-corrected chi connectivity index (χ3v) is 6.05. The lowest BCUT2D eigenvalue weighted by molar-refractivity contribution is -0.137. The normalized spacial score (nSPS) is 13.8. The van der Waals surface area contributed by atoms with Crippen LogP contribution in [0.15, 0.2) is 47.5 Å². The molecule has 0 atom stereocenters. The van der Waals surface area contributed by atoms with Crippen molar-refractivity contribution in [1.29, 1.82) is 0 Å². The lowest BCUT2D eigenvalue weighted by Crippen LogP contribution is -2.33. The number of halogens is 3. The number of ether oxygens (including phenoxy) is 1. The van der Waals surface area contributed by atoms with Gasteiger partial charge >= 0.3 is 11.9 Å². The van der Waals surface area contributed by atoms with Gasteiger partial charge < -0.3 is 9.64 Å². The number of aryl methyl sites for hydroxylation is 2. The molecule has 0 saturated carbocycles. The van der Waals surface area contributed by atoms with E-state index < -0.39 is 11.7 Å². The van der Waals surface area contributed by atoms with Gasteiger partial charge in [0.1, 0.15) is 18.2 Å². The van der Waals surface area contributed by atoms with Crippen molar-refractivity contribution in [2.45, 2.75) is 39.5 Å². The van der Waals surface area contributed by atoms with Gasteiger partial charge in [-0.15, -0.1) is 5.10 Å². The summed E-state index contributed by atoms with van der Waals surface area (Å²) in [7, 11) is 0. The highest BCUT2D eigenvalue weighted by Gasteiger charge is 2.32. The molecular formula is C24H23F3N6O2. The molecule has 0 N–H and O–H groups in total. The summed E-state index contributed by atoms with van der Waals surface area (Å²) in [5, 5.41) is 4.34. The van der Waals surface area contributed by atoms with Crippen molar-refractivity contribution in [3.8, 4) is 5.75 Å². The Labute approximate surface area is 198 Å². The molecule has 1 aromatic carbocycles. The standard InChI is InChI=1S/C24H23F3N6O2/c1-15-5-3-4-6-20(15)35-10-9-33-23(34)32-13-16(2)21(29-22(32)30-33)31-8-7-19-17(14-31)11-18(12-28-19)24(25,26)27/h3-6,11-13H,7-10,14H2,1-2H3. The second kappa shape index (κ2) is 8.71. The van der Waals surface area contributed by atoms with Gasteiger partial charge in [0.25, 0.3) is 5.78 Å². The molecule has 0 unspecified atom stereocenters. The monoisotopic (exact) mass is 484 g/mol. The molecule has 1 aliphatic heterocycles. The minimum atomic E-state index is -4.45. The SMILES string of the molecule is Cc1ccccc1OCCn1nc2nc(N3CCc4ncc(C(F)(F)F)cc4C3)c(C)cn2c1=O. The molecule has 3 aromatic heterocycles. The fraction of sp³-hybridized carbons (Fsp3) is 0.333. The Bertz CT molecular complexity index is 1460. The zero-order valence-electron chi connectivity index (χ0n) is 19.2. The quantitative estimate of drug-likeness (QED) is 0.431. The van der Waals surface area contributed by atoms with E-state index in [2.05, 4.69) is 15.1 Å². The first kappa shape index (κ1) is 22.9. The third-order valence-electron chi connectivity index (χ3n) is 6.05. The van der Waals surface area contributed by atoms with Gasteiger partial charge in [0.2, 0.25) is 0 Å². The van der Waals surface area contributed by atoms with Gasteiger partial charge in [-0.05, 0) is 37.1 Å². The van der Waals surface area contributed by atoms with Crippen molar-refractivity contribution in [2.24, 2.45) is 0 Å². The molecule has 4 heterocycles. The van der Waals surface area contributed by atoms with E-state index in [4.69, 9.17) is 4.74 Å². The smallest absolute Gasteiger partial charge is 0.417 e. The van der Waals surface area contributed by atoms with Crippen LogP contribution in [0.25, 0.3) is 5.78 Å². The average Bonchev–Trinajstić information content (AvgIpc) is 3.13. The number of aromatic nitrogens is 5. The molecular weight excluding hydrogens is 461 g/mol. The van der Waals surface area contributed by atoms with Crippen molar-refractivity contribution in [3.63, 3.8) is 0 Å². The maximum atomic E-state index is 13.1. The highest BCUT2D eigenvalue weighted by atomic mass is 19.4. The van der Waals surface area contributed by atoms with Crippen LogP contribution in [0.1, 0.15) is 27.9 Å². The molecule has 182 valence electrons. The summed E-state index contributed by atoms with van der Waals surface area (Å²) in [4.78, 5) is 23.3. The van der Waals surface area contributed by atoms with Crippen molar-refractivity contribution in [3.05, 3.63) is 81.2 Å². The Morgan fingerprint density at radius 3 is 2.71 bits per heavy atom. The van der Waals surface area contributed by atoms with E-state index in [1.807, 2.05) is 43.0 Å². The number of para-hydroxylation sites is 1. The molecule has 0 radical (unpaired) electrons. The summed E-state index contributed by atoms with van der Waals surface area (Å²) in [5.41, 5.74) is 1.79. The zero-order valence-corrected chi connectivity index (χ0v) is 19.2. The number of pyridine rings is 1. The first-order valence-corrected chi connectivity index (χ1v) is 11.2. The van der Waals surface area contributed by atoms with Gasteiger partial charge in [-0.3, -0.25) is 4.98 Å². The van der Waals surface area contributed by atoms with Gasteiger partial charge in [-0.25, -0.2) is 13.9 Å². The lowest BCUT2D eigenvalue weighted by atomic mass is 10.0. The summed E-state index contributed by atoms with van der Waals surface area (Å²) in [6.45, 7) is 5.05. The average molecular weight is 484 g/mol. The Morgan fingerprint density at radius 1 is 1.14 bits per heavy atom. The summed E-state index contributed by atoms with van der Waals surface area (Å²) in [5.74, 6) is 1.54. The maximum absolute atomic E-state index is 13.1. The van der Waals surface area contributed by atoms with Crippen LogP contribution < -0.4 is 15.3 Å². The van der Waals surface area contributed by atoms with Crippen LogP contribution in [-0.4, -0.2) is 37.3 Å². The molecule has 8 nitrogen and oxygen atoms in total. The second-order valence-electron chi connectivity index (χ2n) is 8.54. The van der Waals surface area contributed by atoms with Crippen LogP contribution in [0.3, 0.4) is 0 Å². The van der Waals surface area contributed by atoms with Crippen LogP contribution in [0, 0.1) is 13.8 Å². The molecule has 1 aliphatic rings. The number of hydrogen-bond donors (Lipinski definition) is 0. The van der Waals surface area contributed by atoms with Gasteiger partial charge in [0.05, 0.1) is 12.1 Å². The number of nitrogens with zero attached hydrogens (tertiary/aromatic N) is 6. The Balaban J connectivity index is 1.38. The van der Waals surface area contributed by atoms with Gasteiger partial charge in [-0.2, -0.15) is 18.2 Å². The Hall–Kier alpha value is -3.89. The molecule has 0 spiro atoms. The second-order valence-corrected chi connectivity index (χ2v) is 8.54. The van der Waals surface area contributed by atoms with Crippen molar-refractivity contribution in [1.82, 2.24) is 24.1 Å². The predicted octanol–water partition coefficient (Wildman–Crippen LogP) is 3.56. The molecule has 11 heteroatoms. The van der Waals surface area contributed by atoms with Crippen LogP contribution in [-0.2, 0) is 25.7 Å². The summed E-state index contributed by atoms with van der Waals surface area (Å²) in [6, 6.07) is 8.76. The number of rotatable bonds is 5. The Morgan fingerprint density at radius 2 is 1.94 bits per heavy atom. The number of benzene rings is 1. The molecule has 0 aliphatic carbocycles. The number of hydrogen-bond acceptors (Lipinski definition) is 6. The fourth-order valence-electron chi connectivity index (χ4n) is 4.22. The van der Waals surface area contributed by atoms with Crippen molar-refractivity contribution in [2.75, 3.05) is 18.1 Å². The van der Waals surface area contributed by atoms with Gasteiger partial charge in [0, 0.05) is 43.2 Å². The minimum absolute atomic E-state index is 0.222. The highest BCUT2D eigenvalue weighted by Crippen LogP contribution is 2.32. The lowest BCUT2D eigenvalue weighted by Gasteiger charge is -2.30. The topological polar surface area (TPSA) is 77.6 Å². The first-order chi connectivity index (χ1) is 16.7. The summed E-state index contributed by atoms with van der Waals surface area (Å²) in [6.07, 6.45) is -1.41. The van der Waals surface area contributed by atoms with Gasteiger partial charge in [-0.1, -0.05) is 18.2 Å². The van der Waals surface area contributed by atoms with Crippen LogP contribution in [0.5, 0.6) is 5.75 Å². The van der Waals surface area contributed by atoms with E-state index in [1.165, 1.54) is 9.08 Å². The van der Waals surface area contributed by atoms with Crippen molar-refractivity contribution < 1.29 is 17.9 Å². The number of anilines is 1. The highest BCUT2D eigenvalue weighted by molar-refractivity contribution is 5.52. The molecule has 0 fully saturated rings. The molecule has 0 bridgehead atoms. The largest absolute Gasteiger partial charge is 0.491 e. The number of fused-ring (bicyclic) bond motifs is 2. The van der Waals surface area contributed by atoms with E-state index in [9.17, 15) is 18.0 Å². The van der Waals surface area contributed by atoms with E-state index in [0.29, 0.717) is 30.0 Å². The zero-order chi connectivity index (χ0) is 24.7. The van der Waals surface area contributed by atoms with E-state index >= 15 is 0 Å². The Kier molecular flexibility index (Phi) is 5.70. The van der Waals surface area contributed by atoms with Crippen LogP contribution in [0.4, 0.5) is 19.0 Å². The number of alkyl halides is 3. The predicted molar refractivity (Wildman–Crippen MR) is 123 cm³/mol. The molecule has 35 heavy (non-hydrogen) atoms. The third kappa shape index (κ3) is 4.45. The van der Waals surface area contributed by atoms with Crippen LogP contribution in [0.2, 0.25) is 0 Å². The molecule has 4 aromatic rings. The van der Waals surface area contributed by atoms with Crippen LogP contribution >= 0.6 is 0 Å². The molecule has 0 amide bonds. The summed E-state index contributed by atoms with van der Waals surface area (Å²) >= 11 is 0. The molecule has 0 saturated heterocycles. The van der Waals surface area contributed by atoms with Crippen molar-refractivity contribution >= 4 is 11.6 Å². The van der Waals surface area contributed by atoms with E-state index in [-0.39, 0.29) is 31.2 Å².